The van der Waals surface area contributed by atoms with Gasteiger partial charge in [0.25, 0.3) is 0 Å². The maximum Gasteiger partial charge on any atom is 0.119 e. The van der Waals surface area contributed by atoms with Gasteiger partial charge in [0.2, 0.25) is 0 Å². The van der Waals surface area contributed by atoms with Crippen molar-refractivity contribution in [2.24, 2.45) is 0 Å². The predicted octanol–water partition coefficient (Wildman–Crippen LogP) is 3.17. The first-order valence-corrected chi connectivity index (χ1v) is 12.6. The fourth-order valence-corrected chi connectivity index (χ4v) is 3.47. The summed E-state index contributed by atoms with van der Waals surface area (Å²) in [4.78, 5) is 2.13. The van der Waals surface area contributed by atoms with Crippen molar-refractivity contribution < 1.29 is 21.6 Å². The van der Waals surface area contributed by atoms with Crippen LogP contribution in [0.25, 0.3) is 9.44 Å². The molecule has 0 bridgehead atoms. The zero-order valence-corrected chi connectivity index (χ0v) is 18.3. The van der Waals surface area contributed by atoms with Gasteiger partial charge in [0, 0.05) is 25.6 Å². The lowest BCUT2D eigenvalue weighted by Gasteiger charge is -2.20. The average Bonchev–Trinajstić information content (AvgIpc) is 2.60. The van der Waals surface area contributed by atoms with Gasteiger partial charge in [0.15, 0.2) is 0 Å². The molecule has 0 saturated heterocycles. The quantitative estimate of drug-likeness (QED) is 0.532. The lowest BCUT2D eigenvalue weighted by Crippen LogP contribution is -2.26. The van der Waals surface area contributed by atoms with Gasteiger partial charge >= 0.3 is 0 Å². The Morgan fingerprint density at radius 3 is 1.76 bits per heavy atom. The Hall–Kier alpha value is -2.30. The van der Waals surface area contributed by atoms with Crippen molar-refractivity contribution in [3.63, 3.8) is 0 Å². The Kier molecular flexibility index (Phi) is 7.88. The molecule has 0 atom stereocenters. The van der Waals surface area contributed by atoms with Crippen molar-refractivity contribution in [1.29, 1.82) is 0 Å². The van der Waals surface area contributed by atoms with Crippen molar-refractivity contribution in [1.82, 2.24) is 4.90 Å². The Bertz CT molecular complexity index is 989. The summed E-state index contributed by atoms with van der Waals surface area (Å²) < 4.78 is 57.5. The molecular formula is C19H25N3O5S2-2. The molecule has 0 heterocycles. The van der Waals surface area contributed by atoms with E-state index < -0.39 is 20.0 Å². The van der Waals surface area contributed by atoms with E-state index in [0.29, 0.717) is 23.7 Å². The van der Waals surface area contributed by atoms with E-state index in [2.05, 4.69) is 14.3 Å². The Labute approximate surface area is 173 Å². The lowest BCUT2D eigenvalue weighted by molar-refractivity contribution is 0.239. The summed E-state index contributed by atoms with van der Waals surface area (Å²) >= 11 is 0. The summed E-state index contributed by atoms with van der Waals surface area (Å²) in [5.74, 6) is 0.649. The first kappa shape index (κ1) is 23.0. The number of hydrogen-bond donors (Lipinski definition) is 0. The van der Waals surface area contributed by atoms with Crippen LogP contribution in [0.2, 0.25) is 0 Å². The van der Waals surface area contributed by atoms with E-state index in [9.17, 15) is 16.8 Å². The van der Waals surface area contributed by atoms with Crippen LogP contribution in [-0.2, 0) is 26.5 Å². The van der Waals surface area contributed by atoms with E-state index in [1.165, 1.54) is 0 Å². The fraction of sp³-hybridized carbons (Fsp3) is 0.368. The second kappa shape index (κ2) is 9.95. The topological polar surface area (TPSA) is 109 Å². The second-order valence-corrected chi connectivity index (χ2v) is 10.0. The largest absolute Gasteiger partial charge is 0.577 e. The van der Waals surface area contributed by atoms with E-state index in [4.69, 9.17) is 4.74 Å². The summed E-state index contributed by atoms with van der Waals surface area (Å²) in [6.07, 6.45) is 2.93. The van der Waals surface area contributed by atoms with Crippen LogP contribution in [0.5, 0.6) is 5.75 Å². The zero-order chi connectivity index (χ0) is 21.5. The molecule has 2 rings (SSSR count). The van der Waals surface area contributed by atoms with Gasteiger partial charge in [-0.15, -0.1) is 11.4 Å². The molecule has 0 aliphatic heterocycles. The number of rotatable bonds is 11. The molecule has 0 unspecified atom stereocenters. The maximum absolute atomic E-state index is 11.2. The van der Waals surface area contributed by atoms with Gasteiger partial charge in [0.1, 0.15) is 12.4 Å². The summed E-state index contributed by atoms with van der Waals surface area (Å²) in [7, 11) is -4.81. The minimum absolute atomic E-state index is 0.368. The van der Waals surface area contributed by atoms with E-state index in [1.54, 1.807) is 36.4 Å². The molecule has 0 amide bonds. The number of likely N-dealkylation sites (N-methyl/N-ethyl adjacent to an activating group) is 1. The molecule has 0 saturated carbocycles. The molecule has 0 N–H and O–H groups in total. The molecule has 0 fully saturated rings. The Morgan fingerprint density at radius 1 is 0.793 bits per heavy atom. The van der Waals surface area contributed by atoms with Gasteiger partial charge < -0.3 is 19.1 Å². The van der Waals surface area contributed by atoms with E-state index in [-0.39, 0.29) is 0 Å². The highest BCUT2D eigenvalue weighted by atomic mass is 32.2. The molecule has 2 aromatic rings. The number of hydrogen-bond acceptors (Lipinski definition) is 6. The minimum atomic E-state index is -3.41. The summed E-state index contributed by atoms with van der Waals surface area (Å²) in [5, 5.41) is 0. The fourth-order valence-electron chi connectivity index (χ4n) is 2.46. The van der Waals surface area contributed by atoms with Gasteiger partial charge in [-0.1, -0.05) is 36.4 Å². The van der Waals surface area contributed by atoms with Gasteiger partial charge in [-0.3, -0.25) is 0 Å². The van der Waals surface area contributed by atoms with Crippen LogP contribution in [0.4, 0.5) is 11.4 Å². The molecule has 0 aromatic heterocycles. The SMILES string of the molecule is CN(CCOc1ccc([N-]S(C)(=O)=O)cc1)CCc1ccc([N-]S(C)(=O)=O)cc1. The minimum Gasteiger partial charge on any atom is -0.577 e. The first-order chi connectivity index (χ1) is 13.5. The summed E-state index contributed by atoms with van der Waals surface area (Å²) in [6, 6.07) is 13.7. The van der Waals surface area contributed by atoms with Crippen LogP contribution in [0.3, 0.4) is 0 Å². The van der Waals surface area contributed by atoms with Crippen LogP contribution >= 0.6 is 0 Å². The van der Waals surface area contributed by atoms with Crippen LogP contribution in [0.1, 0.15) is 5.56 Å². The van der Waals surface area contributed by atoms with Crippen molar-refractivity contribution in [3.8, 4) is 5.75 Å². The van der Waals surface area contributed by atoms with Gasteiger partial charge in [-0.25, -0.2) is 16.8 Å². The standard InChI is InChI=1S/C19H25N3O5S2/c1-22(13-12-16-4-6-17(7-5-16)20-28(2,23)24)14-15-27-19-10-8-18(9-11-19)21-29(3,25)26/h4-11H,12-15H2,1-3H3/q-2. The molecule has 8 nitrogen and oxygen atoms in total. The predicted molar refractivity (Wildman–Crippen MR) is 115 cm³/mol. The Balaban J connectivity index is 1.71. The molecule has 160 valence electrons. The van der Waals surface area contributed by atoms with Crippen LogP contribution < -0.4 is 4.74 Å². The monoisotopic (exact) mass is 439 g/mol. The third-order valence-electron chi connectivity index (χ3n) is 3.84. The average molecular weight is 440 g/mol. The van der Waals surface area contributed by atoms with Gasteiger partial charge in [0.05, 0.1) is 20.0 Å². The van der Waals surface area contributed by atoms with E-state index >= 15 is 0 Å². The van der Waals surface area contributed by atoms with Crippen molar-refractivity contribution in [3.05, 3.63) is 63.5 Å². The normalized spacial score (nSPS) is 12.0. The van der Waals surface area contributed by atoms with Crippen molar-refractivity contribution >= 4 is 31.4 Å². The summed E-state index contributed by atoms with van der Waals surface area (Å²) in [5.41, 5.74) is 1.89. The molecule has 0 aliphatic rings. The number of sulfonamides is 2. The third kappa shape index (κ3) is 9.64. The van der Waals surface area contributed by atoms with E-state index in [1.807, 2.05) is 19.2 Å². The van der Waals surface area contributed by atoms with Gasteiger partial charge in [-0.05, 0) is 31.2 Å². The molecule has 0 spiro atoms. The van der Waals surface area contributed by atoms with Gasteiger partial charge in [-0.2, -0.15) is 0 Å². The van der Waals surface area contributed by atoms with Crippen LogP contribution in [-0.4, -0.2) is 61.0 Å². The van der Waals surface area contributed by atoms with Crippen LogP contribution in [0, 0.1) is 0 Å². The molecule has 0 radical (unpaired) electrons. The number of nitrogens with zero attached hydrogens (tertiary/aromatic N) is 3. The lowest BCUT2D eigenvalue weighted by atomic mass is 10.1. The van der Waals surface area contributed by atoms with Crippen molar-refractivity contribution in [2.45, 2.75) is 6.42 Å². The van der Waals surface area contributed by atoms with Crippen LogP contribution in [0.15, 0.2) is 48.5 Å². The van der Waals surface area contributed by atoms with Crippen molar-refractivity contribution in [2.75, 3.05) is 39.3 Å². The number of ether oxygens (including phenoxy) is 1. The highest BCUT2D eigenvalue weighted by molar-refractivity contribution is 7.93. The summed E-state index contributed by atoms with van der Waals surface area (Å²) in [6.45, 7) is 2.03. The molecular weight excluding hydrogens is 414 g/mol. The smallest absolute Gasteiger partial charge is 0.119 e. The highest BCUT2D eigenvalue weighted by Gasteiger charge is 2.01. The zero-order valence-electron chi connectivity index (χ0n) is 16.6. The Morgan fingerprint density at radius 2 is 1.28 bits per heavy atom. The first-order valence-electron chi connectivity index (χ1n) is 8.86. The highest BCUT2D eigenvalue weighted by Crippen LogP contribution is 2.24. The van der Waals surface area contributed by atoms with E-state index in [0.717, 1.165) is 37.6 Å². The maximum atomic E-state index is 11.2. The molecule has 2 aromatic carbocycles. The second-order valence-electron chi connectivity index (χ2n) is 6.71. The number of benzene rings is 2. The molecule has 10 heteroatoms. The molecule has 0 aliphatic carbocycles. The molecule has 29 heavy (non-hydrogen) atoms. The third-order valence-corrected chi connectivity index (χ3v) is 4.92.